The molecule has 2 saturated heterocycles. The Morgan fingerprint density at radius 1 is 1.07 bits per heavy atom. The van der Waals surface area contributed by atoms with Crippen LogP contribution in [0.5, 0.6) is 0 Å². The summed E-state index contributed by atoms with van der Waals surface area (Å²) in [6.07, 6.45) is 12.9. The molecule has 30 heavy (non-hydrogen) atoms. The van der Waals surface area contributed by atoms with E-state index in [9.17, 15) is 4.79 Å². The van der Waals surface area contributed by atoms with Gasteiger partial charge in [0.15, 0.2) is 5.79 Å². The molecular weight excluding hydrogens is 372 g/mol. The molecule has 0 amide bonds. The number of Topliss-reactive ketones (excluding diaryl/α,β-unsaturated/α-hetero) is 1. The molecule has 10 atom stereocenters. The number of fused-ring (bicyclic) bond motifs is 7. The van der Waals surface area contributed by atoms with Crippen LogP contribution in [0.15, 0.2) is 11.6 Å². The van der Waals surface area contributed by atoms with Crippen LogP contribution < -0.4 is 0 Å². The van der Waals surface area contributed by atoms with Crippen molar-refractivity contribution in [1.82, 2.24) is 0 Å². The number of hydrogen-bond acceptors (Lipinski definition) is 3. The number of carbonyl (C=O) groups is 1. The molecule has 6 aliphatic rings. The maximum atomic E-state index is 12.1. The van der Waals surface area contributed by atoms with Crippen LogP contribution in [-0.2, 0) is 14.3 Å². The van der Waals surface area contributed by atoms with Gasteiger partial charge in [-0.05, 0) is 78.9 Å². The highest BCUT2D eigenvalue weighted by atomic mass is 16.7. The van der Waals surface area contributed by atoms with Crippen LogP contribution in [0, 0.1) is 46.3 Å². The standard InChI is InChI=1S/C27H40O3/c1-16-7-12-27(29-15-16)17(2)24-23(30-27)14-22-20-6-5-18-13-19(28)8-10-25(18,3)21(20)9-11-26(22,24)4/h5,16-17,20-24H,6-15H2,1-4H3/t16-,17+,20?,21?,22?,23+,24+,25+,26+,27?/m1/s1. The van der Waals surface area contributed by atoms with Crippen molar-refractivity contribution in [3.8, 4) is 0 Å². The van der Waals surface area contributed by atoms with Crippen LogP contribution >= 0.6 is 0 Å². The minimum absolute atomic E-state index is 0.270. The topological polar surface area (TPSA) is 35.5 Å². The number of carbonyl (C=O) groups excluding carboxylic acids is 1. The molecule has 6 rings (SSSR count). The summed E-state index contributed by atoms with van der Waals surface area (Å²) in [7, 11) is 0. The van der Waals surface area contributed by atoms with Crippen molar-refractivity contribution in [3.63, 3.8) is 0 Å². The smallest absolute Gasteiger partial charge is 0.171 e. The highest BCUT2D eigenvalue weighted by molar-refractivity contribution is 5.82. The van der Waals surface area contributed by atoms with E-state index in [2.05, 4.69) is 33.8 Å². The molecule has 0 radical (unpaired) electrons. The monoisotopic (exact) mass is 412 g/mol. The van der Waals surface area contributed by atoms with Gasteiger partial charge in [-0.25, -0.2) is 0 Å². The van der Waals surface area contributed by atoms with E-state index >= 15 is 0 Å². The van der Waals surface area contributed by atoms with E-state index in [0.29, 0.717) is 35.1 Å². The van der Waals surface area contributed by atoms with Gasteiger partial charge in [0, 0.05) is 25.2 Å². The lowest BCUT2D eigenvalue weighted by atomic mass is 9.47. The Morgan fingerprint density at radius 2 is 1.90 bits per heavy atom. The summed E-state index contributed by atoms with van der Waals surface area (Å²) in [5.41, 5.74) is 2.13. The molecule has 4 aliphatic carbocycles. The lowest BCUT2D eigenvalue weighted by Crippen LogP contribution is -2.52. The van der Waals surface area contributed by atoms with E-state index in [0.717, 1.165) is 50.0 Å². The number of ether oxygens (including phenoxy) is 2. The summed E-state index contributed by atoms with van der Waals surface area (Å²) in [5, 5.41) is 0. The van der Waals surface area contributed by atoms with Gasteiger partial charge >= 0.3 is 0 Å². The molecule has 1 spiro atoms. The quantitative estimate of drug-likeness (QED) is 0.463. The van der Waals surface area contributed by atoms with Crippen LogP contribution in [0.3, 0.4) is 0 Å². The third-order valence-electron chi connectivity index (χ3n) is 11.2. The molecule has 0 aromatic heterocycles. The summed E-state index contributed by atoms with van der Waals surface area (Å²) in [4.78, 5) is 12.1. The van der Waals surface area contributed by atoms with Crippen LogP contribution in [-0.4, -0.2) is 24.3 Å². The summed E-state index contributed by atoms with van der Waals surface area (Å²) in [6, 6.07) is 0. The van der Waals surface area contributed by atoms with Crippen molar-refractivity contribution < 1.29 is 14.3 Å². The van der Waals surface area contributed by atoms with Crippen molar-refractivity contribution >= 4 is 5.78 Å². The zero-order valence-corrected chi connectivity index (χ0v) is 19.4. The Labute approximate surface area is 182 Å². The van der Waals surface area contributed by atoms with Crippen LogP contribution in [0.4, 0.5) is 0 Å². The second-order valence-electron chi connectivity index (χ2n) is 12.5. The lowest BCUT2D eigenvalue weighted by Gasteiger charge is -2.58. The molecule has 3 saturated carbocycles. The highest BCUT2D eigenvalue weighted by Gasteiger charge is 2.68. The predicted molar refractivity (Wildman–Crippen MR) is 117 cm³/mol. The third kappa shape index (κ3) is 2.48. The Kier molecular flexibility index (Phi) is 4.29. The van der Waals surface area contributed by atoms with Crippen molar-refractivity contribution in [2.45, 2.75) is 97.4 Å². The van der Waals surface area contributed by atoms with E-state index in [4.69, 9.17) is 9.47 Å². The number of hydrogen-bond donors (Lipinski definition) is 0. The van der Waals surface area contributed by atoms with E-state index in [1.807, 2.05) is 0 Å². The molecule has 0 aromatic carbocycles. The normalized spacial score (nSPS) is 57.4. The fourth-order valence-corrected chi connectivity index (χ4v) is 9.49. The molecule has 0 aromatic rings. The largest absolute Gasteiger partial charge is 0.349 e. The average molecular weight is 413 g/mol. The van der Waals surface area contributed by atoms with Crippen molar-refractivity contribution in [1.29, 1.82) is 0 Å². The van der Waals surface area contributed by atoms with Gasteiger partial charge in [-0.3, -0.25) is 4.79 Å². The highest BCUT2D eigenvalue weighted by Crippen LogP contribution is 2.70. The minimum atomic E-state index is -0.304. The number of allylic oxidation sites excluding steroid dienone is 2. The van der Waals surface area contributed by atoms with Crippen LogP contribution in [0.25, 0.3) is 0 Å². The second-order valence-corrected chi connectivity index (χ2v) is 12.5. The Morgan fingerprint density at radius 3 is 2.67 bits per heavy atom. The fourth-order valence-electron chi connectivity index (χ4n) is 9.49. The first-order valence-corrected chi connectivity index (χ1v) is 12.8. The molecule has 5 fully saturated rings. The SMILES string of the molecule is C[C@@H]1CCC2(OC1)O[C@H]1CC3C4CC=C5CC(=O)CC[C@]5(C)C4CC[C@]3(C)[C@H]1[C@@H]2C. The Bertz CT molecular complexity index is 777. The molecule has 3 nitrogen and oxygen atoms in total. The molecule has 166 valence electrons. The minimum Gasteiger partial charge on any atom is -0.349 e. The first kappa shape index (κ1) is 20.0. The molecular formula is C27H40O3. The molecule has 4 unspecified atom stereocenters. The van der Waals surface area contributed by atoms with Crippen molar-refractivity contribution in [2.75, 3.05) is 6.61 Å². The van der Waals surface area contributed by atoms with Gasteiger partial charge in [-0.2, -0.15) is 0 Å². The summed E-state index contributed by atoms with van der Waals surface area (Å²) >= 11 is 0. The zero-order chi connectivity index (χ0) is 20.9. The summed E-state index contributed by atoms with van der Waals surface area (Å²) in [5.74, 6) is 4.26. The zero-order valence-electron chi connectivity index (χ0n) is 19.4. The second kappa shape index (κ2) is 6.44. The van der Waals surface area contributed by atoms with E-state index < -0.39 is 0 Å². The van der Waals surface area contributed by atoms with Crippen LogP contribution in [0.2, 0.25) is 0 Å². The van der Waals surface area contributed by atoms with Gasteiger partial charge < -0.3 is 9.47 Å². The average Bonchev–Trinajstić information content (AvgIpc) is 3.16. The Balaban J connectivity index is 1.29. The first-order valence-electron chi connectivity index (χ1n) is 12.8. The first-order chi connectivity index (χ1) is 14.3. The van der Waals surface area contributed by atoms with Crippen molar-refractivity contribution in [2.24, 2.45) is 46.3 Å². The number of rotatable bonds is 0. The summed E-state index contributed by atoms with van der Waals surface area (Å²) < 4.78 is 13.3. The summed E-state index contributed by atoms with van der Waals surface area (Å²) in [6.45, 7) is 10.7. The fraction of sp³-hybridized carbons (Fsp3) is 0.889. The lowest BCUT2D eigenvalue weighted by molar-refractivity contribution is -0.272. The van der Waals surface area contributed by atoms with Crippen LogP contribution in [0.1, 0.15) is 85.5 Å². The maximum Gasteiger partial charge on any atom is 0.171 e. The van der Waals surface area contributed by atoms with Gasteiger partial charge in [-0.1, -0.05) is 39.3 Å². The van der Waals surface area contributed by atoms with Gasteiger partial charge in [0.05, 0.1) is 12.7 Å². The number of ketones is 1. The van der Waals surface area contributed by atoms with Crippen molar-refractivity contribution in [3.05, 3.63) is 11.6 Å². The van der Waals surface area contributed by atoms with E-state index in [-0.39, 0.29) is 11.2 Å². The van der Waals surface area contributed by atoms with Gasteiger partial charge in [-0.15, -0.1) is 0 Å². The third-order valence-corrected chi connectivity index (χ3v) is 11.2. The molecule has 3 heteroatoms. The van der Waals surface area contributed by atoms with E-state index in [1.54, 1.807) is 0 Å². The molecule has 0 bridgehead atoms. The van der Waals surface area contributed by atoms with E-state index in [1.165, 1.54) is 37.7 Å². The Hall–Kier alpha value is -0.670. The molecule has 0 N–H and O–H groups in total. The van der Waals surface area contributed by atoms with Gasteiger partial charge in [0.25, 0.3) is 0 Å². The van der Waals surface area contributed by atoms with Gasteiger partial charge in [0.2, 0.25) is 0 Å². The van der Waals surface area contributed by atoms with Gasteiger partial charge in [0.1, 0.15) is 5.78 Å². The predicted octanol–water partition coefficient (Wildman–Crippen LogP) is 5.92. The molecule has 2 heterocycles. The maximum absolute atomic E-state index is 12.1. The molecule has 2 aliphatic heterocycles.